The van der Waals surface area contributed by atoms with Gasteiger partial charge in [0.25, 0.3) is 0 Å². The van der Waals surface area contributed by atoms with Crippen LogP contribution in [0.1, 0.15) is 25.3 Å². The molecule has 1 N–H and O–H groups in total. The Balaban J connectivity index is 1.72. The third kappa shape index (κ3) is 3.34. The molecule has 1 fully saturated rings. The molecule has 2 aromatic carbocycles. The lowest BCUT2D eigenvalue weighted by molar-refractivity contribution is -0.125. The lowest BCUT2D eigenvalue weighted by atomic mass is 9.73. The van der Waals surface area contributed by atoms with Crippen LogP contribution in [0.3, 0.4) is 0 Å². The molecule has 0 aliphatic carbocycles. The van der Waals surface area contributed by atoms with Gasteiger partial charge in [0, 0.05) is 24.8 Å². The number of aromatic nitrogens is 1. The van der Waals surface area contributed by atoms with E-state index in [1.165, 1.54) is 0 Å². The van der Waals surface area contributed by atoms with E-state index in [0.717, 1.165) is 27.9 Å². The summed E-state index contributed by atoms with van der Waals surface area (Å²) in [6.45, 7) is 3.66. The van der Waals surface area contributed by atoms with Crippen molar-refractivity contribution >= 4 is 22.5 Å². The summed E-state index contributed by atoms with van der Waals surface area (Å²) >= 11 is 0. The molecule has 1 aromatic heterocycles. The lowest BCUT2D eigenvalue weighted by Crippen LogP contribution is -2.44. The van der Waals surface area contributed by atoms with E-state index in [4.69, 9.17) is 9.47 Å². The number of carbonyl (C=O) groups is 1. The number of pyridine rings is 1. The number of rotatable bonds is 5. The molecule has 28 heavy (non-hydrogen) atoms. The molecule has 1 saturated heterocycles. The first-order chi connectivity index (χ1) is 13.7. The molecule has 5 nitrogen and oxygen atoms in total. The number of benzene rings is 2. The van der Waals surface area contributed by atoms with E-state index < -0.39 is 5.41 Å². The predicted molar refractivity (Wildman–Crippen MR) is 110 cm³/mol. The second-order valence-electron chi connectivity index (χ2n) is 6.96. The molecule has 0 spiro atoms. The minimum atomic E-state index is -0.591. The van der Waals surface area contributed by atoms with E-state index in [0.29, 0.717) is 32.7 Å². The fraction of sp³-hybridized carbons (Fsp3) is 0.304. The molecule has 0 atom stereocenters. The Morgan fingerprint density at radius 2 is 1.89 bits per heavy atom. The van der Waals surface area contributed by atoms with Crippen LogP contribution in [-0.2, 0) is 14.9 Å². The maximum atomic E-state index is 13.5. The second kappa shape index (κ2) is 7.98. The number of nitrogens with one attached hydrogen (secondary N) is 1. The summed E-state index contributed by atoms with van der Waals surface area (Å²) in [6, 6.07) is 17.6. The minimum absolute atomic E-state index is 0.00341. The van der Waals surface area contributed by atoms with Crippen LogP contribution >= 0.6 is 0 Å². The van der Waals surface area contributed by atoms with Gasteiger partial charge in [-0.1, -0.05) is 30.3 Å². The van der Waals surface area contributed by atoms with Crippen molar-refractivity contribution in [2.75, 3.05) is 25.1 Å². The number of anilines is 1. The fourth-order valence-corrected chi connectivity index (χ4v) is 3.89. The number of hydrogen-bond donors (Lipinski definition) is 1. The summed E-state index contributed by atoms with van der Waals surface area (Å²) in [5, 5.41) is 4.05. The monoisotopic (exact) mass is 376 g/mol. The minimum Gasteiger partial charge on any atom is -0.492 e. The Labute approximate surface area is 164 Å². The van der Waals surface area contributed by atoms with Crippen LogP contribution in [-0.4, -0.2) is 30.7 Å². The van der Waals surface area contributed by atoms with Crippen LogP contribution in [0.5, 0.6) is 5.75 Å². The molecular weight excluding hydrogens is 352 g/mol. The number of fused-ring (bicyclic) bond motifs is 1. The smallest absolute Gasteiger partial charge is 0.235 e. The maximum Gasteiger partial charge on any atom is 0.235 e. The van der Waals surface area contributed by atoms with Crippen molar-refractivity contribution in [1.29, 1.82) is 0 Å². The van der Waals surface area contributed by atoms with Crippen LogP contribution in [0.15, 0.2) is 60.8 Å². The molecule has 2 heterocycles. The first kappa shape index (κ1) is 18.4. The Morgan fingerprint density at radius 1 is 1.11 bits per heavy atom. The molecule has 3 aromatic rings. The topological polar surface area (TPSA) is 60.5 Å². The largest absolute Gasteiger partial charge is 0.492 e. The Morgan fingerprint density at radius 3 is 2.64 bits per heavy atom. The molecule has 0 unspecified atom stereocenters. The molecule has 0 saturated carbocycles. The summed E-state index contributed by atoms with van der Waals surface area (Å²) in [7, 11) is 0. The van der Waals surface area contributed by atoms with E-state index in [-0.39, 0.29) is 5.91 Å². The first-order valence-electron chi connectivity index (χ1n) is 9.70. The maximum absolute atomic E-state index is 13.5. The Kier molecular flexibility index (Phi) is 5.26. The van der Waals surface area contributed by atoms with Crippen LogP contribution in [0, 0.1) is 0 Å². The van der Waals surface area contributed by atoms with E-state index in [9.17, 15) is 4.79 Å². The summed E-state index contributed by atoms with van der Waals surface area (Å²) in [6.07, 6.45) is 3.06. The SMILES string of the molecule is CCOc1ccc(NC(=O)C2(c3ccccc3)CCOCC2)c2cccnc12. The van der Waals surface area contributed by atoms with Gasteiger partial charge < -0.3 is 14.8 Å². The highest BCUT2D eigenvalue weighted by atomic mass is 16.5. The lowest BCUT2D eigenvalue weighted by Gasteiger charge is -2.36. The van der Waals surface area contributed by atoms with E-state index in [1.807, 2.05) is 61.5 Å². The molecule has 0 bridgehead atoms. The Bertz CT molecular complexity index is 966. The van der Waals surface area contributed by atoms with E-state index >= 15 is 0 Å². The first-order valence-corrected chi connectivity index (χ1v) is 9.70. The van der Waals surface area contributed by atoms with Crippen LogP contribution in [0.25, 0.3) is 10.9 Å². The van der Waals surface area contributed by atoms with Crippen molar-refractivity contribution in [3.8, 4) is 5.75 Å². The van der Waals surface area contributed by atoms with Crippen molar-refractivity contribution in [1.82, 2.24) is 4.98 Å². The average Bonchev–Trinajstić information content (AvgIpc) is 2.76. The van der Waals surface area contributed by atoms with Gasteiger partial charge in [0.2, 0.25) is 5.91 Å². The zero-order chi connectivity index (χ0) is 19.4. The van der Waals surface area contributed by atoms with Gasteiger partial charge >= 0.3 is 0 Å². The summed E-state index contributed by atoms with van der Waals surface area (Å²) in [5.41, 5.74) is 1.94. The van der Waals surface area contributed by atoms with Crippen LogP contribution in [0.4, 0.5) is 5.69 Å². The molecule has 0 radical (unpaired) electrons. The average molecular weight is 376 g/mol. The van der Waals surface area contributed by atoms with Crippen LogP contribution < -0.4 is 10.1 Å². The summed E-state index contributed by atoms with van der Waals surface area (Å²) < 4.78 is 11.2. The molecule has 144 valence electrons. The van der Waals surface area contributed by atoms with Gasteiger partial charge in [0.1, 0.15) is 11.3 Å². The fourth-order valence-electron chi connectivity index (χ4n) is 3.89. The van der Waals surface area contributed by atoms with Crippen molar-refractivity contribution in [2.45, 2.75) is 25.2 Å². The number of amides is 1. The molecule has 5 heteroatoms. The summed E-state index contributed by atoms with van der Waals surface area (Å²) in [5.74, 6) is 0.719. The highest BCUT2D eigenvalue weighted by Gasteiger charge is 2.41. The molecule has 4 rings (SSSR count). The molecular formula is C23H24N2O3. The van der Waals surface area contributed by atoms with Gasteiger partial charge in [0.15, 0.2) is 0 Å². The van der Waals surface area contributed by atoms with Gasteiger partial charge in [-0.05, 0) is 49.6 Å². The Hall–Kier alpha value is -2.92. The van der Waals surface area contributed by atoms with Gasteiger partial charge in [-0.3, -0.25) is 9.78 Å². The van der Waals surface area contributed by atoms with Gasteiger partial charge in [-0.25, -0.2) is 0 Å². The zero-order valence-corrected chi connectivity index (χ0v) is 16.0. The number of carbonyl (C=O) groups excluding carboxylic acids is 1. The van der Waals surface area contributed by atoms with E-state index in [2.05, 4.69) is 10.3 Å². The van der Waals surface area contributed by atoms with Crippen molar-refractivity contribution in [3.05, 3.63) is 66.4 Å². The summed E-state index contributed by atoms with van der Waals surface area (Å²) in [4.78, 5) is 18.0. The number of ether oxygens (including phenoxy) is 2. The quantitative estimate of drug-likeness (QED) is 0.720. The molecule has 1 amide bonds. The second-order valence-corrected chi connectivity index (χ2v) is 6.96. The van der Waals surface area contributed by atoms with Crippen LogP contribution in [0.2, 0.25) is 0 Å². The third-order valence-corrected chi connectivity index (χ3v) is 5.39. The molecule has 1 aliphatic heterocycles. The van der Waals surface area contributed by atoms with Gasteiger partial charge in [0.05, 0.1) is 17.7 Å². The van der Waals surface area contributed by atoms with Crippen molar-refractivity contribution < 1.29 is 14.3 Å². The molecule has 1 aliphatic rings. The van der Waals surface area contributed by atoms with Crippen molar-refractivity contribution in [2.24, 2.45) is 0 Å². The van der Waals surface area contributed by atoms with Gasteiger partial charge in [-0.2, -0.15) is 0 Å². The normalized spacial score (nSPS) is 15.9. The van der Waals surface area contributed by atoms with Gasteiger partial charge in [-0.15, -0.1) is 0 Å². The number of nitrogens with zero attached hydrogens (tertiary/aromatic N) is 1. The highest BCUT2D eigenvalue weighted by molar-refractivity contribution is 6.06. The predicted octanol–water partition coefficient (Wildman–Crippen LogP) is 4.32. The van der Waals surface area contributed by atoms with Crippen molar-refractivity contribution in [3.63, 3.8) is 0 Å². The third-order valence-electron chi connectivity index (χ3n) is 5.39. The number of hydrogen-bond acceptors (Lipinski definition) is 4. The highest BCUT2D eigenvalue weighted by Crippen LogP contribution is 2.37. The van der Waals surface area contributed by atoms with E-state index in [1.54, 1.807) is 6.20 Å². The standard InChI is InChI=1S/C23H24N2O3/c1-2-28-20-11-10-19(18-9-6-14-24-21(18)20)25-22(26)23(12-15-27-16-13-23)17-7-4-3-5-8-17/h3-11,14H,2,12-13,15-16H2,1H3,(H,25,26). The zero-order valence-electron chi connectivity index (χ0n) is 16.0.